The van der Waals surface area contributed by atoms with Gasteiger partial charge in [0.05, 0.1) is 22.7 Å². The Labute approximate surface area is 193 Å². The van der Waals surface area contributed by atoms with Crippen molar-refractivity contribution in [1.29, 1.82) is 0 Å². The Bertz CT molecular complexity index is 1210. The van der Waals surface area contributed by atoms with Crippen LogP contribution in [0.2, 0.25) is 5.02 Å². The van der Waals surface area contributed by atoms with E-state index in [-0.39, 0.29) is 23.0 Å². The summed E-state index contributed by atoms with van der Waals surface area (Å²) in [6.07, 6.45) is 5.66. The molecule has 32 heavy (non-hydrogen) atoms. The van der Waals surface area contributed by atoms with Gasteiger partial charge in [-0.1, -0.05) is 23.7 Å². The Balaban J connectivity index is 1.28. The number of halogens is 1. The van der Waals surface area contributed by atoms with Crippen molar-refractivity contribution in [3.63, 3.8) is 0 Å². The van der Waals surface area contributed by atoms with E-state index in [2.05, 4.69) is 9.97 Å². The molecule has 6 nitrogen and oxygen atoms in total. The van der Waals surface area contributed by atoms with Gasteiger partial charge in [-0.2, -0.15) is 0 Å². The van der Waals surface area contributed by atoms with Crippen molar-refractivity contribution in [2.45, 2.75) is 43.9 Å². The first kappa shape index (κ1) is 22.8. The summed E-state index contributed by atoms with van der Waals surface area (Å²) in [6.45, 7) is 3.42. The lowest BCUT2D eigenvalue weighted by Crippen LogP contribution is -2.39. The molecule has 8 heteroatoms. The Hall–Kier alpha value is -2.38. The van der Waals surface area contributed by atoms with Crippen molar-refractivity contribution in [3.05, 3.63) is 59.1 Å². The van der Waals surface area contributed by atoms with E-state index >= 15 is 0 Å². The molecule has 0 saturated carbocycles. The molecule has 1 aromatic heterocycles. The maximum Gasteiger partial charge on any atom is 0.223 e. The number of aryl methyl sites for hydroxylation is 2. The van der Waals surface area contributed by atoms with Crippen LogP contribution in [0.15, 0.2) is 47.6 Å². The highest BCUT2D eigenvalue weighted by molar-refractivity contribution is 7.91. The second-order valence-corrected chi connectivity index (χ2v) is 11.1. The third kappa shape index (κ3) is 5.33. The van der Waals surface area contributed by atoms with Gasteiger partial charge in [-0.25, -0.2) is 13.4 Å². The lowest BCUT2D eigenvalue weighted by Gasteiger charge is -2.32. The highest BCUT2D eigenvalue weighted by atomic mass is 35.5. The SMILES string of the molecule is Cc1[nH]cnc1CCC1CCN(C(=O)CCS(=O)(=O)c2ccc3cc(Cl)ccc3c2)CC1. The molecule has 0 radical (unpaired) electrons. The summed E-state index contributed by atoms with van der Waals surface area (Å²) in [5, 5.41) is 2.31. The van der Waals surface area contributed by atoms with E-state index in [9.17, 15) is 13.2 Å². The first-order valence-corrected chi connectivity index (χ1v) is 13.0. The van der Waals surface area contributed by atoms with Gasteiger partial charge >= 0.3 is 0 Å². The number of hydrogen-bond donors (Lipinski definition) is 1. The Morgan fingerprint density at radius 1 is 1.16 bits per heavy atom. The number of carbonyl (C=O) groups excluding carboxylic acids is 1. The smallest absolute Gasteiger partial charge is 0.223 e. The molecule has 4 rings (SSSR count). The number of carbonyl (C=O) groups is 1. The van der Waals surface area contributed by atoms with E-state index in [4.69, 9.17) is 11.6 Å². The number of fused-ring (bicyclic) bond motifs is 1. The van der Waals surface area contributed by atoms with Crippen molar-refractivity contribution >= 4 is 38.1 Å². The predicted octanol–water partition coefficient (Wildman–Crippen LogP) is 4.56. The van der Waals surface area contributed by atoms with Crippen LogP contribution in [0.3, 0.4) is 0 Å². The summed E-state index contributed by atoms with van der Waals surface area (Å²) in [7, 11) is -3.53. The molecular formula is C24H28ClN3O3S. The lowest BCUT2D eigenvalue weighted by atomic mass is 9.91. The molecule has 0 aliphatic carbocycles. The minimum Gasteiger partial charge on any atom is -0.348 e. The minimum absolute atomic E-state index is 0.0120. The highest BCUT2D eigenvalue weighted by Crippen LogP contribution is 2.25. The largest absolute Gasteiger partial charge is 0.348 e. The summed E-state index contributed by atoms with van der Waals surface area (Å²) >= 11 is 6.00. The van der Waals surface area contributed by atoms with Gasteiger partial charge in [-0.05, 0) is 73.6 Å². The van der Waals surface area contributed by atoms with Crippen LogP contribution in [-0.4, -0.2) is 48.0 Å². The van der Waals surface area contributed by atoms with Crippen LogP contribution >= 0.6 is 11.6 Å². The van der Waals surface area contributed by atoms with Gasteiger partial charge in [0.15, 0.2) is 9.84 Å². The Morgan fingerprint density at radius 3 is 2.59 bits per heavy atom. The molecular weight excluding hydrogens is 446 g/mol. The van der Waals surface area contributed by atoms with Crippen LogP contribution in [-0.2, 0) is 21.1 Å². The molecule has 2 heterocycles. The van der Waals surface area contributed by atoms with Crippen LogP contribution in [0.5, 0.6) is 0 Å². The van der Waals surface area contributed by atoms with Crippen LogP contribution in [0.25, 0.3) is 10.8 Å². The summed E-state index contributed by atoms with van der Waals surface area (Å²) in [6, 6.07) is 10.3. The van der Waals surface area contributed by atoms with E-state index in [0.717, 1.165) is 47.8 Å². The van der Waals surface area contributed by atoms with Crippen molar-refractivity contribution in [3.8, 4) is 0 Å². The number of likely N-dealkylation sites (tertiary alicyclic amines) is 1. The minimum atomic E-state index is -3.53. The number of aromatic nitrogens is 2. The fourth-order valence-corrected chi connectivity index (χ4v) is 5.78. The number of aromatic amines is 1. The lowest BCUT2D eigenvalue weighted by molar-refractivity contribution is -0.132. The maximum absolute atomic E-state index is 12.8. The fraction of sp³-hybridized carbons (Fsp3) is 0.417. The van der Waals surface area contributed by atoms with Crippen LogP contribution in [0.4, 0.5) is 0 Å². The topological polar surface area (TPSA) is 83.1 Å². The van der Waals surface area contributed by atoms with Gasteiger partial charge in [-0.3, -0.25) is 4.79 Å². The number of piperidine rings is 1. The molecule has 0 unspecified atom stereocenters. The maximum atomic E-state index is 12.8. The van der Waals surface area contributed by atoms with Crippen LogP contribution < -0.4 is 0 Å². The van der Waals surface area contributed by atoms with E-state index in [1.54, 1.807) is 42.7 Å². The zero-order chi connectivity index (χ0) is 22.7. The first-order valence-electron chi connectivity index (χ1n) is 11.0. The molecule has 0 bridgehead atoms. The third-order valence-corrected chi connectivity index (χ3v) is 8.36. The number of amides is 1. The van der Waals surface area contributed by atoms with Gasteiger partial charge in [0.2, 0.25) is 5.91 Å². The normalized spacial score (nSPS) is 15.4. The number of H-pyrrole nitrogens is 1. The molecule has 1 saturated heterocycles. The number of nitrogens with zero attached hydrogens (tertiary/aromatic N) is 2. The van der Waals surface area contributed by atoms with E-state index < -0.39 is 9.84 Å². The third-order valence-electron chi connectivity index (χ3n) is 6.41. The standard InChI is InChI=1S/C24H28ClN3O3S/c1-17-23(27-16-26-17)7-2-18-8-11-28(12-9-18)24(29)10-13-32(30,31)22-6-4-19-14-21(25)5-3-20(19)15-22/h3-6,14-16,18H,2,7-13H2,1H3,(H,26,27). The first-order chi connectivity index (χ1) is 15.3. The number of nitrogens with one attached hydrogen (secondary N) is 1. The quantitative estimate of drug-likeness (QED) is 0.545. The van der Waals surface area contributed by atoms with E-state index in [1.165, 1.54) is 0 Å². The zero-order valence-corrected chi connectivity index (χ0v) is 19.8. The number of sulfone groups is 1. The number of imidazole rings is 1. The molecule has 0 spiro atoms. The molecule has 1 fully saturated rings. The van der Waals surface area contributed by atoms with E-state index in [0.29, 0.717) is 24.0 Å². The number of hydrogen-bond acceptors (Lipinski definition) is 4. The Kier molecular flexibility index (Phi) is 6.86. The highest BCUT2D eigenvalue weighted by Gasteiger charge is 2.25. The average molecular weight is 474 g/mol. The van der Waals surface area contributed by atoms with E-state index in [1.807, 2.05) is 11.8 Å². The molecule has 1 aliphatic rings. The monoisotopic (exact) mass is 473 g/mol. The average Bonchev–Trinajstić information content (AvgIpc) is 3.20. The van der Waals surface area contributed by atoms with Gasteiger partial charge < -0.3 is 9.88 Å². The van der Waals surface area contributed by atoms with Crippen LogP contribution in [0.1, 0.15) is 37.1 Å². The second kappa shape index (κ2) is 9.63. The summed E-state index contributed by atoms with van der Waals surface area (Å²) < 4.78 is 25.6. The van der Waals surface area contributed by atoms with Gasteiger partial charge in [-0.15, -0.1) is 0 Å². The molecule has 1 N–H and O–H groups in total. The Morgan fingerprint density at radius 2 is 1.88 bits per heavy atom. The van der Waals surface area contributed by atoms with Gasteiger partial charge in [0.1, 0.15) is 0 Å². The van der Waals surface area contributed by atoms with Crippen LogP contribution in [0, 0.1) is 12.8 Å². The molecule has 3 aromatic rings. The van der Waals surface area contributed by atoms with Crippen molar-refractivity contribution in [2.75, 3.05) is 18.8 Å². The molecule has 170 valence electrons. The summed E-state index contributed by atoms with van der Waals surface area (Å²) in [5.41, 5.74) is 2.24. The fourth-order valence-electron chi connectivity index (χ4n) is 4.34. The van der Waals surface area contributed by atoms with Crippen molar-refractivity contribution in [2.24, 2.45) is 5.92 Å². The number of rotatable bonds is 7. The molecule has 0 atom stereocenters. The van der Waals surface area contributed by atoms with Crippen molar-refractivity contribution in [1.82, 2.24) is 14.9 Å². The molecule has 2 aromatic carbocycles. The summed E-state index contributed by atoms with van der Waals surface area (Å²) in [5.74, 6) is 0.316. The van der Waals surface area contributed by atoms with Gasteiger partial charge in [0.25, 0.3) is 0 Å². The predicted molar refractivity (Wildman–Crippen MR) is 127 cm³/mol. The van der Waals surface area contributed by atoms with Crippen molar-refractivity contribution < 1.29 is 13.2 Å². The molecule has 1 amide bonds. The second-order valence-electron chi connectivity index (χ2n) is 8.56. The summed E-state index contributed by atoms with van der Waals surface area (Å²) in [4.78, 5) is 22.2. The molecule has 1 aliphatic heterocycles. The van der Waals surface area contributed by atoms with Gasteiger partial charge in [0, 0.05) is 30.2 Å². The zero-order valence-electron chi connectivity index (χ0n) is 18.2. The number of benzene rings is 2.